The number of rotatable bonds is 7. The van der Waals surface area contributed by atoms with E-state index < -0.39 is 17.0 Å². The van der Waals surface area contributed by atoms with Gasteiger partial charge < -0.3 is 4.90 Å². The van der Waals surface area contributed by atoms with E-state index in [2.05, 4.69) is 111 Å². The fourth-order valence-corrected chi connectivity index (χ4v) is 9.90. The fraction of sp³-hybridized carbons (Fsp3) is 0.222. The molecule has 1 heterocycles. The number of halogens is 3. The van der Waals surface area contributed by atoms with Crippen LogP contribution in [0.4, 0.5) is 13.2 Å². The Morgan fingerprint density at radius 1 is 0.431 bits per heavy atom. The van der Waals surface area contributed by atoms with Crippen molar-refractivity contribution in [3.63, 3.8) is 0 Å². The largest absolute Gasteiger partial charge is 0.403 e. The topological polar surface area (TPSA) is 3.24 Å². The highest BCUT2D eigenvalue weighted by molar-refractivity contribution is 5.75. The Hall–Kier alpha value is -5.71. The van der Waals surface area contributed by atoms with Gasteiger partial charge in [-0.3, -0.25) is 0 Å². The highest BCUT2D eigenvalue weighted by atomic mass is 19.4. The molecule has 9 rings (SSSR count). The molecule has 58 heavy (non-hydrogen) atoms. The van der Waals surface area contributed by atoms with E-state index in [0.717, 1.165) is 64.9 Å². The highest BCUT2D eigenvalue weighted by Crippen LogP contribution is 2.68. The van der Waals surface area contributed by atoms with Crippen LogP contribution in [0.2, 0.25) is 0 Å². The third-order valence-electron chi connectivity index (χ3n) is 13.7. The first kappa shape index (κ1) is 37.8. The molecule has 0 radical (unpaired) electrons. The number of likely N-dealkylation sites (tertiary alicyclic amines) is 1. The van der Waals surface area contributed by atoms with Crippen LogP contribution in [0.15, 0.2) is 170 Å². The smallest absolute Gasteiger partial charge is 0.306 e. The minimum atomic E-state index is -4.56. The summed E-state index contributed by atoms with van der Waals surface area (Å²) >= 11 is 0. The third-order valence-corrected chi connectivity index (χ3v) is 13.7. The second-order valence-corrected chi connectivity index (χ2v) is 17.0. The number of hydrogen-bond donors (Lipinski definition) is 0. The Labute approximate surface area is 340 Å². The van der Waals surface area contributed by atoms with Crippen molar-refractivity contribution in [2.45, 2.75) is 56.0 Å². The first-order valence-corrected chi connectivity index (χ1v) is 20.4. The van der Waals surface area contributed by atoms with Crippen molar-refractivity contribution >= 4 is 0 Å². The Morgan fingerprint density at radius 2 is 0.759 bits per heavy atom. The first-order valence-electron chi connectivity index (χ1n) is 20.4. The van der Waals surface area contributed by atoms with Gasteiger partial charge in [-0.1, -0.05) is 182 Å². The predicted octanol–water partition coefficient (Wildman–Crippen LogP) is 13.8. The van der Waals surface area contributed by atoms with E-state index in [0.29, 0.717) is 16.7 Å². The maximum Gasteiger partial charge on any atom is 0.403 e. The van der Waals surface area contributed by atoms with Crippen LogP contribution in [0.5, 0.6) is 0 Å². The molecule has 0 bridgehead atoms. The normalized spacial score (nSPS) is 20.3. The number of aryl methyl sites for hydroxylation is 1. The van der Waals surface area contributed by atoms with Gasteiger partial charge in [0.2, 0.25) is 0 Å². The minimum absolute atomic E-state index is 0.208. The molecule has 0 amide bonds. The lowest BCUT2D eigenvalue weighted by molar-refractivity contribution is -0.202. The van der Waals surface area contributed by atoms with Gasteiger partial charge in [-0.15, -0.1) is 0 Å². The number of hydrogen-bond acceptors (Lipinski definition) is 1. The summed E-state index contributed by atoms with van der Waals surface area (Å²) in [6, 6.07) is 55.9. The molecular formula is C54H48F3N. The molecule has 2 atom stereocenters. The van der Waals surface area contributed by atoms with Crippen LogP contribution in [-0.4, -0.2) is 31.2 Å². The van der Waals surface area contributed by atoms with Crippen molar-refractivity contribution in [3.05, 3.63) is 203 Å². The monoisotopic (exact) mass is 767 g/mol. The summed E-state index contributed by atoms with van der Waals surface area (Å²) in [6.45, 7) is 8.46. The summed E-state index contributed by atoms with van der Waals surface area (Å²) in [5.41, 5.74) is 9.49. The average molecular weight is 768 g/mol. The van der Waals surface area contributed by atoms with Crippen LogP contribution < -0.4 is 0 Å². The standard InChI is InChI=1S/C54H48F3N/c1-37-9-11-38(12-10-37)39-13-15-42(16-14-39)45-25-31-48(32-26-45)53(54(55,56)57)50-8-6-5-7-49(50)52(53,3)47-29-23-44(24-30-47)41-19-17-40(18-20-41)43-21-27-46(28-22-43)51(2)33-35-58(4)36-34-51/h5-32H,33-36H2,1-4H3. The number of fused-ring (bicyclic) bond motifs is 1. The van der Waals surface area contributed by atoms with Crippen molar-refractivity contribution in [2.24, 2.45) is 0 Å². The molecule has 2 aliphatic rings. The molecule has 1 aliphatic carbocycles. The zero-order valence-electron chi connectivity index (χ0n) is 33.6. The van der Waals surface area contributed by atoms with Crippen molar-refractivity contribution in [1.29, 1.82) is 0 Å². The van der Waals surface area contributed by atoms with Crippen LogP contribution in [0.25, 0.3) is 44.5 Å². The van der Waals surface area contributed by atoms with E-state index in [1.165, 1.54) is 16.7 Å². The maximum atomic E-state index is 16.0. The quantitative estimate of drug-likeness (QED) is 0.156. The van der Waals surface area contributed by atoms with Gasteiger partial charge >= 0.3 is 6.18 Å². The fourth-order valence-electron chi connectivity index (χ4n) is 9.90. The summed E-state index contributed by atoms with van der Waals surface area (Å²) in [7, 11) is 2.20. The SMILES string of the molecule is Cc1ccc(-c2ccc(-c3ccc(C4(C(F)(F)F)c5ccccc5C4(C)c4ccc(-c5ccc(-c6ccc(C7(C)CCN(C)CC7)cc6)cc5)cc4)cc3)cc2)cc1. The van der Waals surface area contributed by atoms with E-state index in [9.17, 15) is 0 Å². The summed E-state index contributed by atoms with van der Waals surface area (Å²) < 4.78 is 48.1. The van der Waals surface area contributed by atoms with Crippen LogP contribution in [0.3, 0.4) is 0 Å². The molecule has 1 fully saturated rings. The molecule has 7 aromatic carbocycles. The van der Waals surface area contributed by atoms with E-state index in [-0.39, 0.29) is 11.0 Å². The van der Waals surface area contributed by atoms with E-state index in [1.807, 2.05) is 60.7 Å². The van der Waals surface area contributed by atoms with E-state index >= 15 is 13.2 Å². The Morgan fingerprint density at radius 3 is 1.16 bits per heavy atom. The zero-order chi connectivity index (χ0) is 40.3. The lowest BCUT2D eigenvalue weighted by atomic mass is 9.42. The molecule has 7 aromatic rings. The van der Waals surface area contributed by atoms with Crippen LogP contribution >= 0.6 is 0 Å². The van der Waals surface area contributed by atoms with Gasteiger partial charge in [-0.05, 0) is 125 Å². The second-order valence-electron chi connectivity index (χ2n) is 17.0. The van der Waals surface area contributed by atoms with Gasteiger partial charge in [0, 0.05) is 5.41 Å². The molecule has 0 spiro atoms. The van der Waals surface area contributed by atoms with Crippen LogP contribution in [0, 0.1) is 6.92 Å². The molecule has 0 aromatic heterocycles. The number of nitrogens with zero attached hydrogens (tertiary/aromatic N) is 1. The molecule has 0 saturated carbocycles. The summed E-state index contributed by atoms with van der Waals surface area (Å²) in [5.74, 6) is 0. The molecule has 1 nitrogen and oxygen atoms in total. The Balaban J connectivity index is 0.995. The summed E-state index contributed by atoms with van der Waals surface area (Å²) in [4.78, 5) is 2.40. The molecule has 2 unspecified atom stereocenters. The molecule has 290 valence electrons. The number of alkyl halides is 3. The number of piperidine rings is 1. The van der Waals surface area contributed by atoms with E-state index in [1.54, 1.807) is 31.2 Å². The summed E-state index contributed by atoms with van der Waals surface area (Å²) in [5, 5.41) is 0. The number of benzene rings is 7. The zero-order valence-corrected chi connectivity index (χ0v) is 33.6. The molecule has 4 heteroatoms. The molecule has 1 aliphatic heterocycles. The third kappa shape index (κ3) is 6.12. The lowest BCUT2D eigenvalue weighted by Gasteiger charge is -2.60. The van der Waals surface area contributed by atoms with Crippen molar-refractivity contribution < 1.29 is 13.2 Å². The predicted molar refractivity (Wildman–Crippen MR) is 233 cm³/mol. The van der Waals surface area contributed by atoms with Gasteiger partial charge in [0.05, 0.1) is 0 Å². The van der Waals surface area contributed by atoms with Gasteiger partial charge in [-0.2, -0.15) is 13.2 Å². The van der Waals surface area contributed by atoms with Crippen LogP contribution in [-0.2, 0) is 16.2 Å². The molecule has 0 N–H and O–H groups in total. The minimum Gasteiger partial charge on any atom is -0.306 e. The maximum absolute atomic E-state index is 16.0. The second kappa shape index (κ2) is 14.3. The molecular weight excluding hydrogens is 720 g/mol. The van der Waals surface area contributed by atoms with Gasteiger partial charge in [-0.25, -0.2) is 0 Å². The average Bonchev–Trinajstić information content (AvgIpc) is 3.25. The lowest BCUT2D eigenvalue weighted by Crippen LogP contribution is -2.65. The Kier molecular flexibility index (Phi) is 9.32. The van der Waals surface area contributed by atoms with Gasteiger partial charge in [0.25, 0.3) is 0 Å². The summed E-state index contributed by atoms with van der Waals surface area (Å²) in [6.07, 6.45) is -2.24. The van der Waals surface area contributed by atoms with E-state index in [4.69, 9.17) is 0 Å². The molecule has 1 saturated heterocycles. The van der Waals surface area contributed by atoms with Crippen molar-refractivity contribution in [3.8, 4) is 44.5 Å². The Bertz CT molecular complexity index is 2540. The first-order chi connectivity index (χ1) is 27.9. The van der Waals surface area contributed by atoms with Crippen LogP contribution in [0.1, 0.15) is 60.1 Å². The highest BCUT2D eigenvalue weighted by Gasteiger charge is 2.74. The van der Waals surface area contributed by atoms with Crippen molar-refractivity contribution in [1.82, 2.24) is 4.90 Å². The van der Waals surface area contributed by atoms with Crippen molar-refractivity contribution in [2.75, 3.05) is 20.1 Å². The van der Waals surface area contributed by atoms with Gasteiger partial charge in [0.1, 0.15) is 5.41 Å². The van der Waals surface area contributed by atoms with Gasteiger partial charge in [0.15, 0.2) is 0 Å².